The highest BCUT2D eigenvalue weighted by molar-refractivity contribution is 5.94. The fraction of sp³-hybridized carbons (Fsp3) is 0.269. The number of ether oxygens (including phenoxy) is 2. The minimum atomic E-state index is -4.59. The highest BCUT2D eigenvalue weighted by atomic mass is 19.4. The van der Waals surface area contributed by atoms with Gasteiger partial charge < -0.3 is 9.47 Å². The summed E-state index contributed by atoms with van der Waals surface area (Å²) in [5.74, 6) is -0.796. The van der Waals surface area contributed by atoms with E-state index in [1.807, 2.05) is 6.07 Å². The number of hydrogen-bond acceptors (Lipinski definition) is 8. The molecule has 2 aromatic carbocycles. The van der Waals surface area contributed by atoms with E-state index in [2.05, 4.69) is 10.2 Å². The lowest BCUT2D eigenvalue weighted by Gasteiger charge is -2.37. The summed E-state index contributed by atoms with van der Waals surface area (Å²) in [6.07, 6.45) is -4.79. The molecule has 3 aromatic rings. The molecule has 1 atom stereocenters. The number of methoxy groups -OCH3 is 2. The van der Waals surface area contributed by atoms with Gasteiger partial charge in [-0.05, 0) is 55.3 Å². The van der Waals surface area contributed by atoms with Crippen LogP contribution < -0.4 is 4.90 Å². The minimum Gasteiger partial charge on any atom is -0.469 e. The lowest BCUT2D eigenvalue weighted by atomic mass is 9.89. The van der Waals surface area contributed by atoms with Crippen LogP contribution in [0.2, 0.25) is 0 Å². The summed E-state index contributed by atoms with van der Waals surface area (Å²) in [5, 5.41) is 17.8. The zero-order valence-corrected chi connectivity index (χ0v) is 20.8. The van der Waals surface area contributed by atoms with E-state index in [4.69, 9.17) is 9.47 Å². The van der Waals surface area contributed by atoms with Gasteiger partial charge in [-0.15, -0.1) is 10.2 Å². The maximum Gasteiger partial charge on any atom is 0.416 e. The minimum absolute atomic E-state index is 0.0936. The Morgan fingerprint density at radius 2 is 1.82 bits per heavy atom. The van der Waals surface area contributed by atoms with Crippen molar-refractivity contribution in [1.29, 1.82) is 5.26 Å². The second-order valence-corrected chi connectivity index (χ2v) is 8.47. The largest absolute Gasteiger partial charge is 0.469 e. The van der Waals surface area contributed by atoms with Crippen molar-refractivity contribution in [2.24, 2.45) is 0 Å². The van der Waals surface area contributed by atoms with E-state index in [1.54, 1.807) is 30.5 Å². The van der Waals surface area contributed by atoms with Gasteiger partial charge in [0.1, 0.15) is 5.82 Å². The van der Waals surface area contributed by atoms with Gasteiger partial charge in [-0.2, -0.15) is 18.4 Å². The Balaban J connectivity index is 2.02. The van der Waals surface area contributed by atoms with Gasteiger partial charge in [0.05, 0.1) is 49.5 Å². The fourth-order valence-corrected chi connectivity index (χ4v) is 4.53. The van der Waals surface area contributed by atoms with Crippen molar-refractivity contribution in [3.63, 3.8) is 0 Å². The summed E-state index contributed by atoms with van der Waals surface area (Å²) in [7, 11) is 2.42. The average molecular weight is 525 g/mol. The van der Waals surface area contributed by atoms with Crippen molar-refractivity contribution in [2.75, 3.05) is 19.1 Å². The van der Waals surface area contributed by atoms with Crippen LogP contribution in [0.15, 0.2) is 53.7 Å². The van der Waals surface area contributed by atoms with Gasteiger partial charge in [0.15, 0.2) is 0 Å². The molecule has 196 valence electrons. The third kappa shape index (κ3) is 4.58. The molecule has 0 spiro atoms. The third-order valence-electron chi connectivity index (χ3n) is 6.27. The van der Waals surface area contributed by atoms with Crippen LogP contribution in [0, 0.1) is 18.3 Å². The third-order valence-corrected chi connectivity index (χ3v) is 6.27. The number of aromatic nitrogens is 3. The van der Waals surface area contributed by atoms with E-state index in [1.165, 1.54) is 37.3 Å². The number of carbonyl (C=O) groups is 2. The number of fused-ring (bicyclic) bond motifs is 1. The van der Waals surface area contributed by atoms with E-state index in [-0.39, 0.29) is 34.9 Å². The number of carbonyl (C=O) groups excluding carboxylic acids is 2. The van der Waals surface area contributed by atoms with Gasteiger partial charge in [0, 0.05) is 11.4 Å². The number of nitriles is 1. The van der Waals surface area contributed by atoms with Gasteiger partial charge in [0.2, 0.25) is 5.95 Å². The first-order valence-electron chi connectivity index (χ1n) is 11.3. The second-order valence-electron chi connectivity index (χ2n) is 8.47. The number of nitrogens with zero attached hydrogens (tertiary/aromatic N) is 5. The average Bonchev–Trinajstić information content (AvgIpc) is 3.27. The Morgan fingerprint density at radius 1 is 1.08 bits per heavy atom. The molecule has 12 heteroatoms. The molecule has 2 heterocycles. The Bertz CT molecular complexity index is 1500. The molecule has 1 aliphatic rings. The maximum atomic E-state index is 13.5. The summed E-state index contributed by atoms with van der Waals surface area (Å²) in [5.41, 5.74) is 0.768. The van der Waals surface area contributed by atoms with E-state index in [9.17, 15) is 28.0 Å². The molecule has 38 heavy (non-hydrogen) atoms. The number of allylic oxidation sites excluding steroid dienone is 1. The number of anilines is 2. The quantitative estimate of drug-likeness (QED) is 0.452. The number of benzene rings is 2. The standard InChI is InChI=1S/C26H22F3N5O4/c1-14-22(24(36)38-4)23(20-9-8-16(13-30)10-17(20)11-21(35)37-3)34-15(2)31-32-25(34)33(14)19-7-5-6-18(12-19)26(27,28)29/h5-10,12,23H,11H2,1-4H3. The Labute approximate surface area is 215 Å². The monoisotopic (exact) mass is 525 g/mol. The topological polar surface area (TPSA) is 110 Å². The van der Waals surface area contributed by atoms with Crippen LogP contribution in [0.1, 0.15) is 41.0 Å². The number of alkyl halides is 3. The maximum absolute atomic E-state index is 13.5. The molecule has 0 bridgehead atoms. The zero-order chi connectivity index (χ0) is 27.8. The van der Waals surface area contributed by atoms with Crippen molar-refractivity contribution in [3.8, 4) is 6.07 Å². The van der Waals surface area contributed by atoms with Crippen LogP contribution >= 0.6 is 0 Å². The Morgan fingerprint density at radius 3 is 2.45 bits per heavy atom. The number of aryl methyl sites for hydroxylation is 1. The van der Waals surface area contributed by atoms with E-state index in [0.717, 1.165) is 12.1 Å². The van der Waals surface area contributed by atoms with Crippen LogP contribution in [-0.2, 0) is 31.7 Å². The van der Waals surface area contributed by atoms with Crippen molar-refractivity contribution >= 4 is 23.6 Å². The second kappa shape index (κ2) is 10.0. The molecule has 0 amide bonds. The van der Waals surface area contributed by atoms with Crippen molar-refractivity contribution in [1.82, 2.24) is 14.8 Å². The molecule has 0 saturated carbocycles. The Kier molecular flexibility index (Phi) is 6.95. The number of halogens is 3. The lowest BCUT2D eigenvalue weighted by molar-refractivity contribution is -0.140. The molecule has 0 fully saturated rings. The first-order chi connectivity index (χ1) is 18.0. The van der Waals surface area contributed by atoms with Crippen LogP contribution in [0.5, 0.6) is 0 Å². The zero-order valence-electron chi connectivity index (χ0n) is 20.8. The van der Waals surface area contributed by atoms with Gasteiger partial charge >= 0.3 is 18.1 Å². The molecule has 4 rings (SSSR count). The van der Waals surface area contributed by atoms with E-state index in [0.29, 0.717) is 17.0 Å². The highest BCUT2D eigenvalue weighted by Crippen LogP contribution is 2.45. The van der Waals surface area contributed by atoms with Crippen LogP contribution in [0.4, 0.5) is 24.8 Å². The molecular weight excluding hydrogens is 503 g/mol. The van der Waals surface area contributed by atoms with Crippen LogP contribution in [0.25, 0.3) is 0 Å². The normalized spacial score (nSPS) is 15.1. The van der Waals surface area contributed by atoms with Gasteiger partial charge in [0.25, 0.3) is 0 Å². The van der Waals surface area contributed by atoms with Gasteiger partial charge in [-0.25, -0.2) is 4.79 Å². The summed E-state index contributed by atoms with van der Waals surface area (Å²) in [4.78, 5) is 26.9. The van der Waals surface area contributed by atoms with Crippen molar-refractivity contribution in [2.45, 2.75) is 32.5 Å². The van der Waals surface area contributed by atoms with E-state index >= 15 is 0 Å². The predicted octanol–water partition coefficient (Wildman–Crippen LogP) is 4.38. The van der Waals surface area contributed by atoms with Gasteiger partial charge in [-0.1, -0.05) is 12.1 Å². The number of esters is 2. The van der Waals surface area contributed by atoms with Crippen LogP contribution in [0.3, 0.4) is 0 Å². The van der Waals surface area contributed by atoms with Crippen LogP contribution in [-0.4, -0.2) is 40.9 Å². The first kappa shape index (κ1) is 26.4. The molecular formula is C26H22F3N5O4. The summed E-state index contributed by atoms with van der Waals surface area (Å²) in [6, 6.07) is 10.4. The van der Waals surface area contributed by atoms with Crippen molar-refractivity contribution in [3.05, 3.63) is 81.8 Å². The summed E-state index contributed by atoms with van der Waals surface area (Å²) in [6.45, 7) is 3.20. The summed E-state index contributed by atoms with van der Waals surface area (Å²) >= 11 is 0. The van der Waals surface area contributed by atoms with Crippen molar-refractivity contribution < 1.29 is 32.2 Å². The molecule has 1 unspecified atom stereocenters. The molecule has 1 aromatic heterocycles. The molecule has 0 radical (unpaired) electrons. The van der Waals surface area contributed by atoms with E-state index < -0.39 is 29.7 Å². The molecule has 1 aliphatic heterocycles. The van der Waals surface area contributed by atoms with Gasteiger partial charge in [-0.3, -0.25) is 14.3 Å². The smallest absolute Gasteiger partial charge is 0.416 e. The predicted molar refractivity (Wildman–Crippen MR) is 128 cm³/mol. The fourth-order valence-electron chi connectivity index (χ4n) is 4.53. The molecule has 0 saturated heterocycles. The lowest BCUT2D eigenvalue weighted by Crippen LogP contribution is -2.35. The highest BCUT2D eigenvalue weighted by Gasteiger charge is 2.41. The SMILES string of the molecule is COC(=O)Cc1cc(C#N)ccc1C1C(C(=O)OC)=C(C)N(c2cccc(C(F)(F)F)c2)c2nnc(C)n21. The molecule has 9 nitrogen and oxygen atoms in total. The Hall–Kier alpha value is -4.66. The number of rotatable bonds is 5. The first-order valence-corrected chi connectivity index (χ1v) is 11.3. The number of hydrogen-bond donors (Lipinski definition) is 0. The molecule has 0 aliphatic carbocycles. The molecule has 0 N–H and O–H groups in total. The summed E-state index contributed by atoms with van der Waals surface area (Å²) < 4.78 is 52.0.